The second-order valence-corrected chi connectivity index (χ2v) is 6.04. The molecule has 0 N–H and O–H groups in total. The molecule has 128 valence electrons. The van der Waals surface area contributed by atoms with Crippen molar-refractivity contribution < 1.29 is 8.78 Å². The smallest absolute Gasteiger partial charge is 0.264 e. The minimum Gasteiger partial charge on any atom is -0.284 e. The quantitative estimate of drug-likeness (QED) is 0.529. The highest BCUT2D eigenvalue weighted by Gasteiger charge is 2.12. The van der Waals surface area contributed by atoms with Gasteiger partial charge in [-0.25, -0.2) is 8.78 Å². The van der Waals surface area contributed by atoms with Crippen LogP contribution in [0, 0.1) is 18.6 Å². The largest absolute Gasteiger partial charge is 0.284 e. The highest BCUT2D eigenvalue weighted by Crippen LogP contribution is 2.23. The van der Waals surface area contributed by atoms with Gasteiger partial charge in [0.1, 0.15) is 11.6 Å². The van der Waals surface area contributed by atoms with E-state index < -0.39 is 11.6 Å². The number of hydrogen-bond donors (Lipinski definition) is 0. The molecular weight excluding hydrogens is 334 g/mol. The zero-order chi connectivity index (χ0) is 18.3. The van der Waals surface area contributed by atoms with Crippen LogP contribution in [0.2, 0.25) is 0 Å². The van der Waals surface area contributed by atoms with Crippen LogP contribution in [0.5, 0.6) is 0 Å². The van der Waals surface area contributed by atoms with Crippen LogP contribution in [0.25, 0.3) is 27.7 Å². The van der Waals surface area contributed by atoms with Gasteiger partial charge in [0, 0.05) is 17.8 Å². The summed E-state index contributed by atoms with van der Waals surface area (Å²) >= 11 is 0. The Morgan fingerprint density at radius 2 is 1.62 bits per heavy atom. The summed E-state index contributed by atoms with van der Waals surface area (Å²) in [5.41, 5.74) is 2.06. The number of aryl methyl sites for hydroxylation is 1. The van der Waals surface area contributed by atoms with Crippen LogP contribution in [0.3, 0.4) is 0 Å². The molecule has 0 aliphatic rings. The number of hydrogen-bond acceptors (Lipinski definition) is 2. The fraction of sp³-hybridized carbons (Fsp3) is 0.0476. The van der Waals surface area contributed by atoms with Crippen LogP contribution in [-0.2, 0) is 0 Å². The van der Waals surface area contributed by atoms with Crippen molar-refractivity contribution in [3.05, 3.63) is 94.5 Å². The van der Waals surface area contributed by atoms with Crippen molar-refractivity contribution in [3.63, 3.8) is 0 Å². The van der Waals surface area contributed by atoms with Gasteiger partial charge < -0.3 is 0 Å². The first-order valence-corrected chi connectivity index (χ1v) is 8.08. The Morgan fingerprint density at radius 3 is 2.31 bits per heavy atom. The number of halogens is 2. The lowest BCUT2D eigenvalue weighted by molar-refractivity contribution is 0.581. The Kier molecular flexibility index (Phi) is 3.84. The van der Waals surface area contributed by atoms with Gasteiger partial charge >= 0.3 is 0 Å². The van der Waals surface area contributed by atoms with E-state index in [-0.39, 0.29) is 11.2 Å². The maximum Gasteiger partial charge on any atom is 0.264 e. The molecular formula is C21H14F2N2O. The fourth-order valence-electron chi connectivity index (χ4n) is 3.09. The molecule has 3 nitrogen and oxygen atoms in total. The second kappa shape index (κ2) is 6.19. The van der Waals surface area contributed by atoms with E-state index in [0.29, 0.717) is 11.1 Å². The molecule has 0 saturated carbocycles. The van der Waals surface area contributed by atoms with Gasteiger partial charge in [-0.2, -0.15) is 0 Å². The van der Waals surface area contributed by atoms with Crippen molar-refractivity contribution in [3.8, 4) is 16.9 Å². The van der Waals surface area contributed by atoms with E-state index in [1.807, 2.05) is 36.4 Å². The molecule has 0 spiro atoms. The standard InChI is InChI=1S/C21H14F2N2O/c1-13-20-15(9-19(24-13)14-5-3-2-4-6-14)7-8-25(21(20)26)18-11-16(22)10-17(23)12-18/h2-12H,1H3. The summed E-state index contributed by atoms with van der Waals surface area (Å²) < 4.78 is 28.3. The van der Waals surface area contributed by atoms with Gasteiger partial charge in [0.25, 0.3) is 5.56 Å². The maximum absolute atomic E-state index is 13.5. The lowest BCUT2D eigenvalue weighted by Gasteiger charge is -2.11. The second-order valence-electron chi connectivity index (χ2n) is 6.04. The average Bonchev–Trinajstić information content (AvgIpc) is 2.61. The van der Waals surface area contributed by atoms with Crippen molar-refractivity contribution in [2.45, 2.75) is 6.92 Å². The minimum atomic E-state index is -0.735. The first-order chi connectivity index (χ1) is 12.5. The summed E-state index contributed by atoms with van der Waals surface area (Å²) in [4.78, 5) is 17.4. The molecule has 4 aromatic rings. The number of rotatable bonds is 2. The number of benzene rings is 2. The molecule has 0 saturated heterocycles. The van der Waals surface area contributed by atoms with Gasteiger partial charge in [0.2, 0.25) is 0 Å². The van der Waals surface area contributed by atoms with Gasteiger partial charge in [-0.3, -0.25) is 14.3 Å². The maximum atomic E-state index is 13.5. The predicted octanol–water partition coefficient (Wildman–Crippen LogP) is 4.64. The van der Waals surface area contributed by atoms with E-state index in [4.69, 9.17) is 0 Å². The number of nitrogens with zero attached hydrogens (tertiary/aromatic N) is 2. The molecule has 5 heteroatoms. The van der Waals surface area contributed by atoms with Crippen molar-refractivity contribution >= 4 is 10.8 Å². The zero-order valence-electron chi connectivity index (χ0n) is 13.9. The van der Waals surface area contributed by atoms with Gasteiger partial charge in [-0.15, -0.1) is 0 Å². The third-order valence-electron chi connectivity index (χ3n) is 4.26. The first kappa shape index (κ1) is 16.1. The molecule has 0 unspecified atom stereocenters. The van der Waals surface area contributed by atoms with Crippen molar-refractivity contribution in [2.75, 3.05) is 0 Å². The molecule has 0 bridgehead atoms. The summed E-state index contributed by atoms with van der Waals surface area (Å²) in [5.74, 6) is -1.47. The highest BCUT2D eigenvalue weighted by atomic mass is 19.1. The summed E-state index contributed by atoms with van der Waals surface area (Å²) in [7, 11) is 0. The molecule has 2 heterocycles. The number of fused-ring (bicyclic) bond motifs is 1. The highest BCUT2D eigenvalue weighted by molar-refractivity contribution is 5.87. The van der Waals surface area contributed by atoms with Crippen molar-refractivity contribution in [2.24, 2.45) is 0 Å². The summed E-state index contributed by atoms with van der Waals surface area (Å²) in [6.45, 7) is 1.76. The van der Waals surface area contributed by atoms with E-state index in [9.17, 15) is 13.6 Å². The predicted molar refractivity (Wildman–Crippen MR) is 97.4 cm³/mol. The van der Waals surface area contributed by atoms with Gasteiger partial charge in [0.05, 0.1) is 22.5 Å². The summed E-state index contributed by atoms with van der Waals surface area (Å²) in [6.07, 6.45) is 1.52. The minimum absolute atomic E-state index is 0.140. The normalized spacial score (nSPS) is 11.0. The van der Waals surface area contributed by atoms with Gasteiger partial charge in [-0.1, -0.05) is 30.3 Å². The Morgan fingerprint density at radius 1 is 0.923 bits per heavy atom. The van der Waals surface area contributed by atoms with E-state index in [1.54, 1.807) is 13.0 Å². The molecule has 2 aromatic carbocycles. The molecule has 0 fully saturated rings. The number of aromatic nitrogens is 2. The van der Waals surface area contributed by atoms with Crippen LogP contribution in [-0.4, -0.2) is 9.55 Å². The zero-order valence-corrected chi connectivity index (χ0v) is 13.9. The lowest BCUT2D eigenvalue weighted by Crippen LogP contribution is -2.19. The van der Waals surface area contributed by atoms with E-state index in [0.717, 1.165) is 34.8 Å². The van der Waals surface area contributed by atoms with E-state index >= 15 is 0 Å². The summed E-state index contributed by atoms with van der Waals surface area (Å²) in [6, 6.07) is 16.3. The average molecular weight is 348 g/mol. The SMILES string of the molecule is Cc1nc(-c2ccccc2)cc2ccn(-c3cc(F)cc(F)c3)c(=O)c12. The third kappa shape index (κ3) is 2.77. The Balaban J connectivity index is 1.94. The molecule has 0 radical (unpaired) electrons. The van der Waals surface area contributed by atoms with Crippen LogP contribution >= 0.6 is 0 Å². The first-order valence-electron chi connectivity index (χ1n) is 8.08. The van der Waals surface area contributed by atoms with Crippen molar-refractivity contribution in [1.82, 2.24) is 9.55 Å². The lowest BCUT2D eigenvalue weighted by atomic mass is 10.1. The number of pyridine rings is 2. The van der Waals surface area contributed by atoms with Gasteiger partial charge in [0.15, 0.2) is 0 Å². The Bertz CT molecular complexity index is 1160. The third-order valence-corrected chi connectivity index (χ3v) is 4.26. The molecule has 0 aliphatic carbocycles. The van der Waals surface area contributed by atoms with Crippen molar-refractivity contribution in [1.29, 1.82) is 0 Å². The Hall–Kier alpha value is -3.34. The molecule has 26 heavy (non-hydrogen) atoms. The van der Waals surface area contributed by atoms with Crippen LogP contribution < -0.4 is 5.56 Å². The Labute approximate surface area is 148 Å². The molecule has 0 atom stereocenters. The molecule has 2 aromatic heterocycles. The van der Waals surface area contributed by atoms with Crippen LogP contribution in [0.15, 0.2) is 71.7 Å². The molecule has 4 rings (SSSR count). The van der Waals surface area contributed by atoms with E-state index in [2.05, 4.69) is 4.98 Å². The van der Waals surface area contributed by atoms with Crippen LogP contribution in [0.1, 0.15) is 5.69 Å². The van der Waals surface area contributed by atoms with Gasteiger partial charge in [-0.05, 0) is 36.6 Å². The monoisotopic (exact) mass is 348 g/mol. The fourth-order valence-corrected chi connectivity index (χ4v) is 3.09. The van der Waals surface area contributed by atoms with E-state index in [1.165, 1.54) is 10.8 Å². The summed E-state index contributed by atoms with van der Waals surface area (Å²) in [5, 5.41) is 1.16. The topological polar surface area (TPSA) is 34.9 Å². The molecule has 0 amide bonds. The van der Waals surface area contributed by atoms with Crippen LogP contribution in [0.4, 0.5) is 8.78 Å². The molecule has 0 aliphatic heterocycles.